The van der Waals surface area contributed by atoms with Crippen LogP contribution in [0.25, 0.3) is 0 Å². The van der Waals surface area contributed by atoms with E-state index in [1.807, 2.05) is 0 Å². The zero-order valence-electron chi connectivity index (χ0n) is 15.9. The van der Waals surface area contributed by atoms with Gasteiger partial charge in [0.15, 0.2) is 6.61 Å². The highest BCUT2D eigenvalue weighted by Crippen LogP contribution is 2.24. The normalized spacial score (nSPS) is 12.1. The molecular formula is C18H18FN3O7S. The van der Waals surface area contributed by atoms with Gasteiger partial charge in [0.1, 0.15) is 17.5 Å². The van der Waals surface area contributed by atoms with Gasteiger partial charge in [-0.2, -0.15) is 4.72 Å². The number of nitrogens with zero attached hydrogens (tertiary/aromatic N) is 1. The molecule has 0 bridgehead atoms. The van der Waals surface area contributed by atoms with E-state index >= 15 is 0 Å². The van der Waals surface area contributed by atoms with Gasteiger partial charge in [-0.05, 0) is 38.1 Å². The molecule has 30 heavy (non-hydrogen) atoms. The number of carbonyl (C=O) groups excluding carboxylic acids is 2. The van der Waals surface area contributed by atoms with Crippen LogP contribution in [0.5, 0.6) is 0 Å². The summed E-state index contributed by atoms with van der Waals surface area (Å²) in [6.07, 6.45) is 0. The fourth-order valence-electron chi connectivity index (χ4n) is 2.28. The van der Waals surface area contributed by atoms with Gasteiger partial charge in [-0.25, -0.2) is 12.8 Å². The minimum Gasteiger partial charge on any atom is -0.454 e. The van der Waals surface area contributed by atoms with Gasteiger partial charge in [0.25, 0.3) is 11.6 Å². The van der Waals surface area contributed by atoms with Gasteiger partial charge in [-0.3, -0.25) is 19.7 Å². The lowest BCUT2D eigenvalue weighted by Crippen LogP contribution is -2.40. The first-order chi connectivity index (χ1) is 14.0. The third-order valence-corrected chi connectivity index (χ3v) is 5.35. The Balaban J connectivity index is 1.94. The van der Waals surface area contributed by atoms with Crippen molar-refractivity contribution in [1.29, 1.82) is 0 Å². The Labute approximate surface area is 171 Å². The number of ether oxygens (including phenoxy) is 1. The van der Waals surface area contributed by atoms with Gasteiger partial charge in [0.2, 0.25) is 10.0 Å². The molecule has 1 amide bonds. The standard InChI is InChI=1S/C18H18FN3O7S/c1-11-3-6-14(7-4-11)30(27,28)21-12(2)18(24)29-10-17(23)20-15-8-5-13(19)9-16(15)22(25)26/h3-9,12,21H,10H2,1-2H3,(H,20,23). The number of hydrogen-bond acceptors (Lipinski definition) is 7. The molecule has 12 heteroatoms. The molecule has 160 valence electrons. The molecule has 2 aromatic rings. The van der Waals surface area contributed by atoms with Crippen LogP contribution in [0.3, 0.4) is 0 Å². The van der Waals surface area contributed by atoms with Crippen molar-refractivity contribution < 1.29 is 32.1 Å². The molecule has 0 spiro atoms. The van der Waals surface area contributed by atoms with Crippen LogP contribution >= 0.6 is 0 Å². The van der Waals surface area contributed by atoms with E-state index in [9.17, 15) is 32.5 Å². The lowest BCUT2D eigenvalue weighted by molar-refractivity contribution is -0.384. The number of hydrogen-bond donors (Lipinski definition) is 2. The summed E-state index contributed by atoms with van der Waals surface area (Å²) < 4.78 is 44.5. The first-order valence-electron chi connectivity index (χ1n) is 8.49. The molecule has 0 aromatic heterocycles. The lowest BCUT2D eigenvalue weighted by atomic mass is 10.2. The number of aryl methyl sites for hydroxylation is 1. The average molecular weight is 439 g/mol. The number of nitrogens with one attached hydrogen (secondary N) is 2. The quantitative estimate of drug-likeness (QED) is 0.363. The Bertz CT molecular complexity index is 1070. The van der Waals surface area contributed by atoms with Gasteiger partial charge >= 0.3 is 5.97 Å². The average Bonchev–Trinajstić information content (AvgIpc) is 2.67. The summed E-state index contributed by atoms with van der Waals surface area (Å²) in [5.74, 6) is -2.82. The molecule has 0 radical (unpaired) electrons. The van der Waals surface area contributed by atoms with Crippen LogP contribution in [0.1, 0.15) is 12.5 Å². The maximum atomic E-state index is 13.1. The maximum Gasteiger partial charge on any atom is 0.324 e. The summed E-state index contributed by atoms with van der Waals surface area (Å²) in [6.45, 7) is 2.19. The molecule has 2 rings (SSSR count). The second-order valence-corrected chi connectivity index (χ2v) is 7.94. The van der Waals surface area contributed by atoms with Gasteiger partial charge in [0, 0.05) is 0 Å². The highest BCUT2D eigenvalue weighted by atomic mass is 32.2. The van der Waals surface area contributed by atoms with E-state index in [0.29, 0.717) is 6.07 Å². The van der Waals surface area contributed by atoms with E-state index < -0.39 is 51.0 Å². The number of carbonyl (C=O) groups is 2. The van der Waals surface area contributed by atoms with Crippen LogP contribution in [0.15, 0.2) is 47.4 Å². The molecule has 2 N–H and O–H groups in total. The van der Waals surface area contributed by atoms with Gasteiger partial charge < -0.3 is 10.1 Å². The monoisotopic (exact) mass is 439 g/mol. The Morgan fingerprint density at radius 3 is 2.43 bits per heavy atom. The van der Waals surface area contributed by atoms with Crippen LogP contribution in [0, 0.1) is 22.9 Å². The van der Waals surface area contributed by atoms with E-state index in [4.69, 9.17) is 4.74 Å². The van der Waals surface area contributed by atoms with E-state index in [2.05, 4.69) is 10.0 Å². The Kier molecular flexibility index (Phi) is 7.19. The molecule has 1 unspecified atom stereocenters. The highest BCUT2D eigenvalue weighted by Gasteiger charge is 2.24. The number of halogens is 1. The van der Waals surface area contributed by atoms with Crippen LogP contribution in [0.2, 0.25) is 0 Å². The van der Waals surface area contributed by atoms with E-state index in [1.54, 1.807) is 19.1 Å². The molecule has 0 saturated heterocycles. The van der Waals surface area contributed by atoms with Crippen LogP contribution in [-0.2, 0) is 24.3 Å². The van der Waals surface area contributed by atoms with Gasteiger partial charge in [-0.15, -0.1) is 0 Å². The third-order valence-electron chi connectivity index (χ3n) is 3.79. The fourth-order valence-corrected chi connectivity index (χ4v) is 3.47. The van der Waals surface area contributed by atoms with Gasteiger partial charge in [0.05, 0.1) is 15.9 Å². The maximum absolute atomic E-state index is 13.1. The Hall–Kier alpha value is -3.38. The molecule has 0 aliphatic carbocycles. The smallest absolute Gasteiger partial charge is 0.324 e. The summed E-state index contributed by atoms with van der Waals surface area (Å²) >= 11 is 0. The molecule has 2 aromatic carbocycles. The van der Waals surface area contributed by atoms with Crippen molar-refractivity contribution >= 4 is 33.3 Å². The van der Waals surface area contributed by atoms with E-state index in [-0.39, 0.29) is 10.6 Å². The first-order valence-corrected chi connectivity index (χ1v) is 9.97. The molecular weight excluding hydrogens is 421 g/mol. The number of nitro benzene ring substituents is 1. The summed E-state index contributed by atoms with van der Waals surface area (Å²) in [5.41, 5.74) is -0.0988. The van der Waals surface area contributed by atoms with Crippen LogP contribution < -0.4 is 10.0 Å². The highest BCUT2D eigenvalue weighted by molar-refractivity contribution is 7.89. The molecule has 0 aliphatic rings. The number of esters is 1. The predicted octanol–water partition coefficient (Wildman–Crippen LogP) is 1.89. The van der Waals surface area contributed by atoms with Crippen molar-refractivity contribution in [3.8, 4) is 0 Å². The minimum atomic E-state index is -3.99. The number of benzene rings is 2. The fraction of sp³-hybridized carbons (Fsp3) is 0.222. The summed E-state index contributed by atoms with van der Waals surface area (Å²) in [4.78, 5) is 33.9. The topological polar surface area (TPSA) is 145 Å². The largest absolute Gasteiger partial charge is 0.454 e. The van der Waals surface area contributed by atoms with Crippen molar-refractivity contribution in [1.82, 2.24) is 4.72 Å². The van der Waals surface area contributed by atoms with Crippen molar-refractivity contribution in [3.63, 3.8) is 0 Å². The molecule has 0 saturated carbocycles. The lowest BCUT2D eigenvalue weighted by Gasteiger charge is -2.14. The van der Waals surface area contributed by atoms with E-state index in [1.165, 1.54) is 19.1 Å². The van der Waals surface area contributed by atoms with Crippen LogP contribution in [0.4, 0.5) is 15.8 Å². The number of sulfonamides is 1. The predicted molar refractivity (Wildman–Crippen MR) is 104 cm³/mol. The zero-order valence-corrected chi connectivity index (χ0v) is 16.7. The number of nitro groups is 1. The molecule has 0 heterocycles. The van der Waals surface area contributed by atoms with Crippen molar-refractivity contribution in [2.75, 3.05) is 11.9 Å². The summed E-state index contributed by atoms with van der Waals surface area (Å²) in [7, 11) is -3.99. The van der Waals surface area contributed by atoms with Crippen LogP contribution in [-0.4, -0.2) is 37.9 Å². The van der Waals surface area contributed by atoms with E-state index in [0.717, 1.165) is 17.7 Å². The SMILES string of the molecule is Cc1ccc(S(=O)(=O)NC(C)C(=O)OCC(=O)Nc2ccc(F)cc2[N+](=O)[O-])cc1. The number of rotatable bonds is 8. The van der Waals surface area contributed by atoms with Crippen molar-refractivity contribution in [3.05, 3.63) is 64.0 Å². The second-order valence-electron chi connectivity index (χ2n) is 6.23. The molecule has 0 aliphatic heterocycles. The summed E-state index contributed by atoms with van der Waals surface area (Å²) in [6, 6.07) is 7.17. The molecule has 1 atom stereocenters. The Morgan fingerprint density at radius 1 is 1.20 bits per heavy atom. The third kappa shape index (κ3) is 6.06. The number of amides is 1. The Morgan fingerprint density at radius 2 is 1.83 bits per heavy atom. The molecule has 10 nitrogen and oxygen atoms in total. The first kappa shape index (κ1) is 22.9. The molecule has 0 fully saturated rings. The second kappa shape index (κ2) is 9.41. The van der Waals surface area contributed by atoms with Gasteiger partial charge in [-0.1, -0.05) is 17.7 Å². The minimum absolute atomic E-state index is 0.0471. The zero-order chi connectivity index (χ0) is 22.5. The number of anilines is 1. The van der Waals surface area contributed by atoms with Crippen molar-refractivity contribution in [2.45, 2.75) is 24.8 Å². The van der Waals surface area contributed by atoms with Crippen molar-refractivity contribution in [2.24, 2.45) is 0 Å². The summed E-state index contributed by atoms with van der Waals surface area (Å²) in [5, 5.41) is 13.0.